The quantitative estimate of drug-likeness (QED) is 0.600. The summed E-state index contributed by atoms with van der Waals surface area (Å²) in [6.45, 7) is 6.07. The van der Waals surface area contributed by atoms with Crippen LogP contribution in [0.15, 0.2) is 24.3 Å². The number of nitrogens with one attached hydrogen (secondary N) is 1. The van der Waals surface area contributed by atoms with E-state index in [9.17, 15) is 9.90 Å². The fourth-order valence-electron chi connectivity index (χ4n) is 3.54. The first-order valence-corrected chi connectivity index (χ1v) is 11.1. The number of rotatable bonds is 7. The number of piperazine rings is 1. The molecule has 2 heterocycles. The second-order valence-electron chi connectivity index (χ2n) is 7.41. The standard InChI is InChI=1S/C22H30N4O5S/c1-14-19(15(2)27)13-20(21(23-14)31-5)24-32-22(28)26-8-6-25(7-9-26)16-10-17(29-3)12-18(11-16)30-4/h10-13,15,24,27H,6-9H2,1-5H3. The van der Waals surface area contributed by atoms with Crippen LogP contribution in [0.5, 0.6) is 17.4 Å². The number of hydrogen-bond donors (Lipinski definition) is 2. The predicted octanol–water partition coefficient (Wildman–Crippen LogP) is 3.47. The van der Waals surface area contributed by atoms with Gasteiger partial charge in [-0.15, -0.1) is 0 Å². The first-order valence-electron chi connectivity index (χ1n) is 10.3. The average Bonchev–Trinajstić information content (AvgIpc) is 2.82. The molecule has 1 atom stereocenters. The minimum absolute atomic E-state index is 0.0888. The molecule has 0 spiro atoms. The van der Waals surface area contributed by atoms with Gasteiger partial charge < -0.3 is 33.8 Å². The van der Waals surface area contributed by atoms with E-state index in [-0.39, 0.29) is 5.24 Å². The van der Waals surface area contributed by atoms with Gasteiger partial charge in [0.25, 0.3) is 0 Å². The topological polar surface area (TPSA) is 96.4 Å². The third-order valence-electron chi connectivity index (χ3n) is 5.35. The van der Waals surface area contributed by atoms with Crippen LogP contribution in [0.25, 0.3) is 0 Å². The van der Waals surface area contributed by atoms with Gasteiger partial charge >= 0.3 is 5.24 Å². The van der Waals surface area contributed by atoms with E-state index < -0.39 is 6.10 Å². The third-order valence-corrected chi connectivity index (χ3v) is 6.10. The van der Waals surface area contributed by atoms with Gasteiger partial charge in [-0.1, -0.05) is 0 Å². The van der Waals surface area contributed by atoms with Gasteiger partial charge in [-0.3, -0.25) is 4.79 Å². The SMILES string of the molecule is COc1cc(OC)cc(N2CCN(C(=O)SNc3cc(C(C)O)c(C)nc3OC)CC2)c1. The number of pyridine rings is 1. The number of ether oxygens (including phenoxy) is 3. The molecule has 9 nitrogen and oxygen atoms in total. The number of amides is 1. The Hall–Kier alpha value is -2.85. The molecule has 0 radical (unpaired) electrons. The van der Waals surface area contributed by atoms with Gasteiger partial charge in [-0.2, -0.15) is 0 Å². The van der Waals surface area contributed by atoms with Crippen molar-refractivity contribution in [1.29, 1.82) is 0 Å². The highest BCUT2D eigenvalue weighted by atomic mass is 32.2. The number of methoxy groups -OCH3 is 3. The zero-order valence-electron chi connectivity index (χ0n) is 19.0. The largest absolute Gasteiger partial charge is 0.497 e. The van der Waals surface area contributed by atoms with Crippen LogP contribution < -0.4 is 23.8 Å². The van der Waals surface area contributed by atoms with Gasteiger partial charge in [-0.25, -0.2) is 4.98 Å². The van der Waals surface area contributed by atoms with Crippen molar-refractivity contribution in [2.24, 2.45) is 0 Å². The maximum atomic E-state index is 12.8. The molecule has 1 unspecified atom stereocenters. The van der Waals surface area contributed by atoms with Gasteiger partial charge in [0.05, 0.1) is 27.4 Å². The van der Waals surface area contributed by atoms with Crippen LogP contribution in [0, 0.1) is 6.92 Å². The number of aliphatic hydroxyl groups is 1. The number of benzene rings is 1. The Morgan fingerprint density at radius 2 is 1.69 bits per heavy atom. The molecule has 32 heavy (non-hydrogen) atoms. The van der Waals surface area contributed by atoms with Crippen molar-refractivity contribution in [2.75, 3.05) is 57.1 Å². The third kappa shape index (κ3) is 5.49. The number of aliphatic hydroxyl groups excluding tert-OH is 1. The Labute approximate surface area is 192 Å². The van der Waals surface area contributed by atoms with Gasteiger partial charge in [0, 0.05) is 73.3 Å². The number of carbonyl (C=O) groups excluding carboxylic acids is 1. The summed E-state index contributed by atoms with van der Waals surface area (Å²) < 4.78 is 19.1. The molecule has 0 aliphatic carbocycles. The van der Waals surface area contributed by atoms with Crippen molar-refractivity contribution in [3.8, 4) is 17.4 Å². The molecule has 0 bridgehead atoms. The Morgan fingerprint density at radius 1 is 1.06 bits per heavy atom. The van der Waals surface area contributed by atoms with Crippen LogP contribution in [-0.2, 0) is 0 Å². The van der Waals surface area contributed by atoms with E-state index in [4.69, 9.17) is 14.2 Å². The van der Waals surface area contributed by atoms with E-state index >= 15 is 0 Å². The minimum Gasteiger partial charge on any atom is -0.497 e. The van der Waals surface area contributed by atoms with Crippen molar-refractivity contribution in [2.45, 2.75) is 20.0 Å². The van der Waals surface area contributed by atoms with Gasteiger partial charge in [-0.05, 0) is 19.9 Å². The van der Waals surface area contributed by atoms with E-state index in [1.807, 2.05) is 25.1 Å². The molecule has 3 rings (SSSR count). The van der Waals surface area contributed by atoms with E-state index in [0.29, 0.717) is 49.0 Å². The lowest BCUT2D eigenvalue weighted by molar-refractivity contribution is 0.198. The van der Waals surface area contributed by atoms with Crippen LogP contribution in [0.4, 0.5) is 16.2 Å². The summed E-state index contributed by atoms with van der Waals surface area (Å²) in [5, 5.41) is 9.86. The molecule has 2 N–H and O–H groups in total. The number of aryl methyl sites for hydroxylation is 1. The second-order valence-corrected chi connectivity index (χ2v) is 8.17. The molecule has 1 aliphatic rings. The van der Waals surface area contributed by atoms with Crippen LogP contribution in [-0.4, -0.2) is 67.7 Å². The van der Waals surface area contributed by atoms with Crippen molar-refractivity contribution in [3.05, 3.63) is 35.5 Å². The van der Waals surface area contributed by atoms with E-state index in [1.54, 1.807) is 32.1 Å². The highest BCUT2D eigenvalue weighted by Gasteiger charge is 2.23. The minimum atomic E-state index is -0.669. The highest BCUT2D eigenvalue weighted by molar-refractivity contribution is 8.14. The maximum absolute atomic E-state index is 12.8. The van der Waals surface area contributed by atoms with Gasteiger partial charge in [0.15, 0.2) is 0 Å². The zero-order chi connectivity index (χ0) is 23.3. The molecule has 2 aromatic rings. The summed E-state index contributed by atoms with van der Waals surface area (Å²) in [5.74, 6) is 1.84. The summed E-state index contributed by atoms with van der Waals surface area (Å²) in [7, 11) is 4.78. The van der Waals surface area contributed by atoms with Gasteiger partial charge in [0.2, 0.25) is 5.88 Å². The molecule has 0 saturated carbocycles. The molecular weight excluding hydrogens is 432 g/mol. The zero-order valence-corrected chi connectivity index (χ0v) is 19.9. The van der Waals surface area contributed by atoms with Crippen molar-refractivity contribution >= 4 is 28.6 Å². The molecule has 174 valence electrons. The number of anilines is 2. The maximum Gasteiger partial charge on any atom is 0.302 e. The molecular formula is C22H30N4O5S. The summed E-state index contributed by atoms with van der Waals surface area (Å²) in [6, 6.07) is 7.53. The average molecular weight is 463 g/mol. The smallest absolute Gasteiger partial charge is 0.302 e. The summed E-state index contributed by atoms with van der Waals surface area (Å²) in [5.41, 5.74) is 2.92. The van der Waals surface area contributed by atoms with Crippen molar-refractivity contribution in [3.63, 3.8) is 0 Å². The highest BCUT2D eigenvalue weighted by Crippen LogP contribution is 2.31. The summed E-state index contributed by atoms with van der Waals surface area (Å²) in [4.78, 5) is 21.1. The van der Waals surface area contributed by atoms with Gasteiger partial charge in [0.1, 0.15) is 17.2 Å². The number of carbonyl (C=O) groups is 1. The van der Waals surface area contributed by atoms with E-state index in [0.717, 1.165) is 29.1 Å². The first kappa shape index (κ1) is 23.8. The van der Waals surface area contributed by atoms with Crippen LogP contribution in [0.2, 0.25) is 0 Å². The van der Waals surface area contributed by atoms with Crippen molar-refractivity contribution in [1.82, 2.24) is 9.88 Å². The van der Waals surface area contributed by atoms with Crippen LogP contribution in [0.3, 0.4) is 0 Å². The van der Waals surface area contributed by atoms with E-state index in [1.165, 1.54) is 7.11 Å². The molecule has 1 aromatic carbocycles. The van der Waals surface area contributed by atoms with Crippen molar-refractivity contribution < 1.29 is 24.1 Å². The lowest BCUT2D eigenvalue weighted by atomic mass is 10.1. The number of hydrogen-bond acceptors (Lipinski definition) is 9. The second kappa shape index (κ2) is 10.6. The fraction of sp³-hybridized carbons (Fsp3) is 0.455. The fourth-order valence-corrected chi connectivity index (χ4v) is 4.19. The molecule has 1 aliphatic heterocycles. The molecule has 1 aromatic heterocycles. The number of aromatic nitrogens is 1. The Bertz CT molecular complexity index is 926. The number of nitrogens with zero attached hydrogens (tertiary/aromatic N) is 3. The predicted molar refractivity (Wildman–Crippen MR) is 126 cm³/mol. The molecule has 1 saturated heterocycles. The molecule has 1 fully saturated rings. The monoisotopic (exact) mass is 462 g/mol. The Balaban J connectivity index is 1.60. The molecule has 1 amide bonds. The first-order chi connectivity index (χ1) is 15.4. The van der Waals surface area contributed by atoms with Crippen LogP contribution >= 0.6 is 11.9 Å². The summed E-state index contributed by atoms with van der Waals surface area (Å²) in [6.07, 6.45) is -0.669. The Kier molecular flexibility index (Phi) is 7.92. The molecule has 10 heteroatoms. The summed E-state index contributed by atoms with van der Waals surface area (Å²) >= 11 is 0.978. The van der Waals surface area contributed by atoms with E-state index in [2.05, 4.69) is 14.6 Å². The Morgan fingerprint density at radius 3 is 2.22 bits per heavy atom. The normalized spacial score (nSPS) is 14.7. The van der Waals surface area contributed by atoms with Crippen LogP contribution in [0.1, 0.15) is 24.3 Å². The lowest BCUT2D eigenvalue weighted by Crippen LogP contribution is -2.47. The lowest BCUT2D eigenvalue weighted by Gasteiger charge is -2.36.